The van der Waals surface area contributed by atoms with E-state index in [1.165, 1.54) is 0 Å². The number of nitrogens with one attached hydrogen (secondary N) is 2. The fourth-order valence-electron chi connectivity index (χ4n) is 3.08. The lowest BCUT2D eigenvalue weighted by atomic mass is 9.97. The number of rotatable bonds is 4. The maximum absolute atomic E-state index is 12.3. The number of amides is 2. The maximum Gasteiger partial charge on any atom is 0.319 e. The van der Waals surface area contributed by atoms with Gasteiger partial charge >= 0.3 is 6.03 Å². The van der Waals surface area contributed by atoms with Crippen molar-refractivity contribution in [2.75, 3.05) is 38.2 Å². The zero-order valence-electron chi connectivity index (χ0n) is 16.9. The van der Waals surface area contributed by atoms with Crippen molar-refractivity contribution in [3.63, 3.8) is 0 Å². The van der Waals surface area contributed by atoms with Gasteiger partial charge in [0.2, 0.25) is 5.89 Å². The van der Waals surface area contributed by atoms with E-state index in [4.69, 9.17) is 9.15 Å². The van der Waals surface area contributed by atoms with Crippen molar-refractivity contribution in [1.82, 2.24) is 15.2 Å². The Morgan fingerprint density at radius 2 is 1.89 bits per heavy atom. The van der Waals surface area contributed by atoms with Gasteiger partial charge in [0.1, 0.15) is 5.52 Å². The quantitative estimate of drug-likeness (QED) is 0.858. The second-order valence-electron chi connectivity index (χ2n) is 8.67. The summed E-state index contributed by atoms with van der Waals surface area (Å²) in [4.78, 5) is 19.2. The molecule has 27 heavy (non-hydrogen) atoms. The second kappa shape index (κ2) is 7.48. The Labute approximate surface area is 160 Å². The van der Waals surface area contributed by atoms with E-state index in [9.17, 15) is 4.79 Å². The Morgan fingerprint density at radius 1 is 1.19 bits per heavy atom. The molecule has 0 unspecified atom stereocenters. The fourth-order valence-corrected chi connectivity index (χ4v) is 3.08. The molecular weight excluding hydrogens is 344 g/mol. The van der Waals surface area contributed by atoms with E-state index in [1.54, 1.807) is 0 Å². The number of nitrogens with zero attached hydrogens (tertiary/aromatic N) is 2. The van der Waals surface area contributed by atoms with Crippen LogP contribution in [0.2, 0.25) is 0 Å². The van der Waals surface area contributed by atoms with E-state index < -0.39 is 0 Å². The van der Waals surface area contributed by atoms with Gasteiger partial charge < -0.3 is 19.8 Å². The second-order valence-corrected chi connectivity index (χ2v) is 8.67. The average molecular weight is 374 g/mol. The largest absolute Gasteiger partial charge is 0.440 e. The zero-order valence-corrected chi connectivity index (χ0v) is 16.9. The first kappa shape index (κ1) is 19.6. The van der Waals surface area contributed by atoms with Gasteiger partial charge in [-0.15, -0.1) is 0 Å². The summed E-state index contributed by atoms with van der Waals surface area (Å²) in [5, 5.41) is 5.85. The van der Waals surface area contributed by atoms with Crippen LogP contribution in [0.3, 0.4) is 0 Å². The number of aromatic nitrogens is 1. The van der Waals surface area contributed by atoms with E-state index in [0.717, 1.165) is 37.4 Å². The molecule has 0 bridgehead atoms. The van der Waals surface area contributed by atoms with Crippen LogP contribution in [0, 0.1) is 0 Å². The third kappa shape index (κ3) is 4.78. The summed E-state index contributed by atoms with van der Waals surface area (Å²) in [5.41, 5.74) is 1.87. The summed E-state index contributed by atoms with van der Waals surface area (Å²) < 4.78 is 11.2. The van der Waals surface area contributed by atoms with E-state index in [1.807, 2.05) is 18.2 Å². The smallest absolute Gasteiger partial charge is 0.319 e. The molecule has 7 nitrogen and oxygen atoms in total. The number of ether oxygens (including phenoxy) is 1. The van der Waals surface area contributed by atoms with Gasteiger partial charge in [-0.05, 0) is 32.0 Å². The number of morpholine rings is 1. The molecule has 0 radical (unpaired) electrons. The van der Waals surface area contributed by atoms with Gasteiger partial charge in [-0.25, -0.2) is 9.78 Å². The van der Waals surface area contributed by atoms with Crippen molar-refractivity contribution in [1.29, 1.82) is 0 Å². The topological polar surface area (TPSA) is 79.6 Å². The SMILES string of the molecule is CC(C)(C)c1nc2cc(NC(=O)NCC(C)(C)N3CCOCC3)ccc2o1. The molecule has 0 spiro atoms. The highest BCUT2D eigenvalue weighted by molar-refractivity contribution is 5.91. The lowest BCUT2D eigenvalue weighted by Crippen LogP contribution is -2.55. The third-order valence-electron chi connectivity index (χ3n) is 4.84. The number of benzene rings is 1. The summed E-state index contributed by atoms with van der Waals surface area (Å²) >= 11 is 0. The molecule has 2 heterocycles. The first-order valence-corrected chi connectivity index (χ1v) is 9.44. The number of fused-ring (bicyclic) bond motifs is 1. The Balaban J connectivity index is 1.60. The summed E-state index contributed by atoms with van der Waals surface area (Å²) in [7, 11) is 0. The molecule has 2 amide bonds. The van der Waals surface area contributed by atoms with E-state index in [-0.39, 0.29) is 17.0 Å². The summed E-state index contributed by atoms with van der Waals surface area (Å²) in [5.74, 6) is 0.686. The standard InChI is InChI=1S/C20H30N4O3/c1-19(2,3)17-23-15-12-14(6-7-16(15)27-17)22-18(25)21-13-20(4,5)24-8-10-26-11-9-24/h6-7,12H,8-11,13H2,1-5H3,(H2,21,22,25). The van der Waals surface area contributed by atoms with Crippen LogP contribution in [-0.2, 0) is 10.2 Å². The van der Waals surface area contributed by atoms with Crippen molar-refractivity contribution in [3.05, 3.63) is 24.1 Å². The van der Waals surface area contributed by atoms with Crippen LogP contribution in [-0.4, -0.2) is 54.3 Å². The van der Waals surface area contributed by atoms with Crippen LogP contribution < -0.4 is 10.6 Å². The van der Waals surface area contributed by atoms with Gasteiger partial charge in [-0.3, -0.25) is 4.90 Å². The van der Waals surface area contributed by atoms with Gasteiger partial charge in [0, 0.05) is 36.3 Å². The molecular formula is C20H30N4O3. The summed E-state index contributed by atoms with van der Waals surface area (Å²) in [6.07, 6.45) is 0. The number of oxazole rings is 1. The van der Waals surface area contributed by atoms with Crippen LogP contribution in [0.1, 0.15) is 40.5 Å². The molecule has 1 aromatic carbocycles. The first-order chi connectivity index (χ1) is 12.6. The van der Waals surface area contributed by atoms with Crippen molar-refractivity contribution in [2.45, 2.75) is 45.6 Å². The Hall–Kier alpha value is -2.12. The van der Waals surface area contributed by atoms with Gasteiger partial charge in [-0.1, -0.05) is 20.8 Å². The molecule has 3 rings (SSSR count). The number of carbonyl (C=O) groups is 1. The molecule has 0 aliphatic carbocycles. The molecule has 1 saturated heterocycles. The van der Waals surface area contributed by atoms with Crippen LogP contribution in [0.4, 0.5) is 10.5 Å². The highest BCUT2D eigenvalue weighted by Gasteiger charge is 2.28. The van der Waals surface area contributed by atoms with E-state index in [2.05, 4.69) is 55.1 Å². The molecule has 1 aliphatic heterocycles. The van der Waals surface area contributed by atoms with Gasteiger partial charge in [0.15, 0.2) is 5.58 Å². The molecule has 148 valence electrons. The highest BCUT2D eigenvalue weighted by Crippen LogP contribution is 2.27. The predicted molar refractivity (Wildman–Crippen MR) is 106 cm³/mol. The summed E-state index contributed by atoms with van der Waals surface area (Å²) in [6.45, 7) is 14.2. The van der Waals surface area contributed by atoms with Crippen molar-refractivity contribution in [2.24, 2.45) is 0 Å². The zero-order chi connectivity index (χ0) is 19.7. The average Bonchev–Trinajstić information content (AvgIpc) is 3.05. The minimum atomic E-state index is -0.227. The predicted octanol–water partition coefficient (Wildman–Crippen LogP) is 3.36. The Kier molecular flexibility index (Phi) is 5.44. The molecule has 2 aromatic rings. The first-order valence-electron chi connectivity index (χ1n) is 9.44. The van der Waals surface area contributed by atoms with Gasteiger partial charge in [-0.2, -0.15) is 0 Å². The van der Waals surface area contributed by atoms with Crippen LogP contribution in [0.5, 0.6) is 0 Å². The van der Waals surface area contributed by atoms with Gasteiger partial charge in [0.25, 0.3) is 0 Å². The van der Waals surface area contributed by atoms with Crippen molar-refractivity contribution in [3.8, 4) is 0 Å². The van der Waals surface area contributed by atoms with Crippen LogP contribution >= 0.6 is 0 Å². The molecule has 2 N–H and O–H groups in total. The molecule has 1 fully saturated rings. The minimum absolute atomic E-state index is 0.126. The fraction of sp³-hybridized carbons (Fsp3) is 0.600. The lowest BCUT2D eigenvalue weighted by molar-refractivity contribution is -0.00863. The minimum Gasteiger partial charge on any atom is -0.440 e. The maximum atomic E-state index is 12.3. The number of hydrogen-bond acceptors (Lipinski definition) is 5. The number of carbonyl (C=O) groups excluding carboxylic acids is 1. The Bertz CT molecular complexity index is 801. The van der Waals surface area contributed by atoms with Crippen molar-refractivity contribution < 1.29 is 13.9 Å². The lowest BCUT2D eigenvalue weighted by Gasteiger charge is -2.40. The number of urea groups is 1. The molecule has 0 saturated carbocycles. The molecule has 1 aliphatic rings. The normalized spacial score (nSPS) is 16.5. The highest BCUT2D eigenvalue weighted by atomic mass is 16.5. The molecule has 1 aromatic heterocycles. The number of anilines is 1. The molecule has 0 atom stereocenters. The van der Waals surface area contributed by atoms with Crippen LogP contribution in [0.15, 0.2) is 22.6 Å². The van der Waals surface area contributed by atoms with E-state index in [0.29, 0.717) is 18.1 Å². The summed E-state index contributed by atoms with van der Waals surface area (Å²) in [6, 6.07) is 5.27. The third-order valence-corrected chi connectivity index (χ3v) is 4.84. The Morgan fingerprint density at radius 3 is 2.56 bits per heavy atom. The molecule has 7 heteroatoms. The van der Waals surface area contributed by atoms with Gasteiger partial charge in [0.05, 0.1) is 13.2 Å². The monoisotopic (exact) mass is 374 g/mol. The number of hydrogen-bond donors (Lipinski definition) is 2. The van der Waals surface area contributed by atoms with Crippen molar-refractivity contribution >= 4 is 22.8 Å². The van der Waals surface area contributed by atoms with Crippen LogP contribution in [0.25, 0.3) is 11.1 Å². The van der Waals surface area contributed by atoms with E-state index >= 15 is 0 Å².